The third-order valence-electron chi connectivity index (χ3n) is 3.05. The lowest BCUT2D eigenvalue weighted by Crippen LogP contribution is -2.23. The van der Waals surface area contributed by atoms with E-state index in [1.807, 2.05) is 37.3 Å². The highest BCUT2D eigenvalue weighted by atomic mass is 16.1. The maximum Gasteiger partial charge on any atom is 0.158 e. The molecule has 3 atom stereocenters. The van der Waals surface area contributed by atoms with E-state index in [0.717, 1.165) is 5.56 Å². The molecule has 2 nitrogen and oxygen atoms in total. The van der Waals surface area contributed by atoms with E-state index in [0.29, 0.717) is 5.78 Å². The molecule has 2 heteroatoms. The van der Waals surface area contributed by atoms with E-state index in [1.165, 1.54) is 0 Å². The Hall–Kier alpha value is -1.15. The normalized spacial score (nSPS) is 32.1. The fourth-order valence-electron chi connectivity index (χ4n) is 1.90. The van der Waals surface area contributed by atoms with Crippen LogP contribution in [-0.4, -0.2) is 11.8 Å². The van der Waals surface area contributed by atoms with Crippen molar-refractivity contribution in [1.82, 2.24) is 5.32 Å². The minimum atomic E-state index is -0.0961. The molecule has 1 aliphatic heterocycles. The minimum Gasteiger partial charge on any atom is -0.301 e. The van der Waals surface area contributed by atoms with E-state index >= 15 is 0 Å². The smallest absolute Gasteiger partial charge is 0.158 e. The number of benzene rings is 1. The zero-order chi connectivity index (χ0) is 10.1. The van der Waals surface area contributed by atoms with Crippen molar-refractivity contribution in [2.24, 2.45) is 5.92 Å². The van der Waals surface area contributed by atoms with Crippen molar-refractivity contribution in [2.75, 3.05) is 0 Å². The molecule has 0 radical (unpaired) electrons. The SMILES string of the molecule is CC1NC(c2ccccc2)C(=O)C1C. The first-order chi connectivity index (χ1) is 6.70. The number of carbonyl (C=O) groups is 1. The fraction of sp³-hybridized carbons (Fsp3) is 0.417. The lowest BCUT2D eigenvalue weighted by Gasteiger charge is -2.09. The molecule has 1 fully saturated rings. The average molecular weight is 189 g/mol. The third-order valence-corrected chi connectivity index (χ3v) is 3.05. The number of nitrogens with one attached hydrogen (secondary N) is 1. The van der Waals surface area contributed by atoms with Gasteiger partial charge in [-0.05, 0) is 12.5 Å². The summed E-state index contributed by atoms with van der Waals surface area (Å²) in [5, 5.41) is 3.32. The standard InChI is InChI=1S/C12H15NO/c1-8-9(2)13-11(12(8)14)10-6-4-3-5-7-10/h3-9,11,13H,1-2H3. The molecule has 0 amide bonds. The second-order valence-electron chi connectivity index (χ2n) is 3.99. The van der Waals surface area contributed by atoms with Crippen molar-refractivity contribution in [3.63, 3.8) is 0 Å². The van der Waals surface area contributed by atoms with Crippen LogP contribution in [0.4, 0.5) is 0 Å². The average Bonchev–Trinajstić information content (AvgIpc) is 2.47. The summed E-state index contributed by atoms with van der Waals surface area (Å²) in [6.07, 6.45) is 0. The van der Waals surface area contributed by atoms with Crippen LogP contribution in [0, 0.1) is 5.92 Å². The molecule has 3 unspecified atom stereocenters. The Morgan fingerprint density at radius 2 is 1.79 bits per heavy atom. The summed E-state index contributed by atoms with van der Waals surface area (Å²) in [6, 6.07) is 10.1. The summed E-state index contributed by atoms with van der Waals surface area (Å²) in [6.45, 7) is 4.05. The number of rotatable bonds is 1. The Balaban J connectivity index is 2.26. The van der Waals surface area contributed by atoms with Crippen LogP contribution in [0.15, 0.2) is 30.3 Å². The lowest BCUT2D eigenvalue weighted by atomic mass is 9.97. The van der Waals surface area contributed by atoms with Crippen molar-refractivity contribution in [3.8, 4) is 0 Å². The van der Waals surface area contributed by atoms with Crippen LogP contribution in [0.25, 0.3) is 0 Å². The first-order valence-electron chi connectivity index (χ1n) is 5.05. The van der Waals surface area contributed by atoms with Crippen molar-refractivity contribution < 1.29 is 4.79 Å². The molecule has 0 aliphatic carbocycles. The van der Waals surface area contributed by atoms with E-state index in [4.69, 9.17) is 0 Å². The fourth-order valence-corrected chi connectivity index (χ4v) is 1.90. The van der Waals surface area contributed by atoms with Gasteiger partial charge < -0.3 is 5.32 Å². The van der Waals surface area contributed by atoms with Crippen molar-refractivity contribution in [3.05, 3.63) is 35.9 Å². The number of hydrogen-bond donors (Lipinski definition) is 1. The first-order valence-corrected chi connectivity index (χ1v) is 5.05. The lowest BCUT2D eigenvalue weighted by molar-refractivity contribution is -0.121. The van der Waals surface area contributed by atoms with Crippen LogP contribution in [0.2, 0.25) is 0 Å². The van der Waals surface area contributed by atoms with Gasteiger partial charge in [0.05, 0.1) is 6.04 Å². The van der Waals surface area contributed by atoms with Gasteiger partial charge in [0, 0.05) is 12.0 Å². The Morgan fingerprint density at radius 3 is 2.29 bits per heavy atom. The van der Waals surface area contributed by atoms with Gasteiger partial charge >= 0.3 is 0 Å². The Labute approximate surface area is 84.3 Å². The van der Waals surface area contributed by atoms with Crippen LogP contribution in [-0.2, 0) is 4.79 Å². The molecule has 0 spiro atoms. The second-order valence-corrected chi connectivity index (χ2v) is 3.99. The molecule has 0 aromatic heterocycles. The van der Waals surface area contributed by atoms with Crippen LogP contribution in [0.3, 0.4) is 0 Å². The van der Waals surface area contributed by atoms with Gasteiger partial charge in [-0.3, -0.25) is 4.79 Å². The van der Waals surface area contributed by atoms with E-state index < -0.39 is 0 Å². The Bertz CT molecular complexity index is 333. The van der Waals surface area contributed by atoms with Gasteiger partial charge in [-0.25, -0.2) is 0 Å². The predicted octanol–water partition coefficient (Wildman–Crippen LogP) is 1.92. The predicted molar refractivity (Wildman–Crippen MR) is 56.0 cm³/mol. The molecule has 0 bridgehead atoms. The highest BCUT2D eigenvalue weighted by Crippen LogP contribution is 2.26. The monoisotopic (exact) mass is 189 g/mol. The maximum atomic E-state index is 11.9. The van der Waals surface area contributed by atoms with E-state index in [-0.39, 0.29) is 18.0 Å². The summed E-state index contributed by atoms with van der Waals surface area (Å²) in [4.78, 5) is 11.9. The largest absolute Gasteiger partial charge is 0.301 e. The molecular formula is C12H15NO. The summed E-state index contributed by atoms with van der Waals surface area (Å²) in [5.41, 5.74) is 1.08. The summed E-state index contributed by atoms with van der Waals surface area (Å²) >= 11 is 0. The summed E-state index contributed by atoms with van der Waals surface area (Å²) < 4.78 is 0. The van der Waals surface area contributed by atoms with E-state index in [1.54, 1.807) is 0 Å². The molecular weight excluding hydrogens is 174 g/mol. The molecule has 0 saturated carbocycles. The number of hydrogen-bond acceptors (Lipinski definition) is 2. The number of carbonyl (C=O) groups excluding carboxylic acids is 1. The molecule has 74 valence electrons. The highest BCUT2D eigenvalue weighted by molar-refractivity contribution is 5.89. The Kier molecular flexibility index (Phi) is 2.38. The molecule has 1 N–H and O–H groups in total. The molecule has 2 rings (SSSR count). The zero-order valence-corrected chi connectivity index (χ0v) is 8.53. The van der Waals surface area contributed by atoms with Gasteiger partial charge in [-0.15, -0.1) is 0 Å². The minimum absolute atomic E-state index is 0.0961. The zero-order valence-electron chi connectivity index (χ0n) is 8.53. The third kappa shape index (κ3) is 1.46. The Morgan fingerprint density at radius 1 is 1.14 bits per heavy atom. The number of ketones is 1. The van der Waals surface area contributed by atoms with Gasteiger partial charge in [0.1, 0.15) is 0 Å². The van der Waals surface area contributed by atoms with Crippen LogP contribution in [0.1, 0.15) is 25.5 Å². The number of Topliss-reactive ketones (excluding diaryl/α,β-unsaturated/α-hetero) is 1. The molecule has 14 heavy (non-hydrogen) atoms. The van der Waals surface area contributed by atoms with Gasteiger partial charge in [0.2, 0.25) is 0 Å². The summed E-state index contributed by atoms with van der Waals surface area (Å²) in [5.74, 6) is 0.434. The highest BCUT2D eigenvalue weighted by Gasteiger charge is 2.36. The van der Waals surface area contributed by atoms with Crippen molar-refractivity contribution in [2.45, 2.75) is 25.9 Å². The van der Waals surface area contributed by atoms with E-state index in [9.17, 15) is 4.79 Å². The first kappa shape index (κ1) is 9.41. The van der Waals surface area contributed by atoms with Gasteiger partial charge in [0.25, 0.3) is 0 Å². The van der Waals surface area contributed by atoms with Crippen molar-refractivity contribution >= 4 is 5.78 Å². The maximum absolute atomic E-state index is 11.9. The molecule has 1 aromatic rings. The molecule has 1 saturated heterocycles. The van der Waals surface area contributed by atoms with E-state index in [2.05, 4.69) is 12.2 Å². The molecule has 1 aliphatic rings. The topological polar surface area (TPSA) is 29.1 Å². The van der Waals surface area contributed by atoms with Crippen LogP contribution in [0.5, 0.6) is 0 Å². The van der Waals surface area contributed by atoms with Gasteiger partial charge in [-0.1, -0.05) is 37.3 Å². The molecule has 1 aromatic carbocycles. The summed E-state index contributed by atoms with van der Waals surface area (Å²) in [7, 11) is 0. The van der Waals surface area contributed by atoms with Crippen LogP contribution >= 0.6 is 0 Å². The van der Waals surface area contributed by atoms with Crippen LogP contribution < -0.4 is 5.32 Å². The quantitative estimate of drug-likeness (QED) is 0.731. The van der Waals surface area contributed by atoms with Crippen molar-refractivity contribution in [1.29, 1.82) is 0 Å². The van der Waals surface area contributed by atoms with Gasteiger partial charge in [0.15, 0.2) is 5.78 Å². The molecule has 1 heterocycles. The second kappa shape index (κ2) is 3.54. The van der Waals surface area contributed by atoms with Gasteiger partial charge in [-0.2, -0.15) is 0 Å².